The van der Waals surface area contributed by atoms with Gasteiger partial charge in [0.1, 0.15) is 6.04 Å². The van der Waals surface area contributed by atoms with Gasteiger partial charge in [-0.25, -0.2) is 4.44 Å². The molecule has 0 spiro atoms. The van der Waals surface area contributed by atoms with E-state index in [1.807, 2.05) is 126 Å². The molecule has 0 aliphatic rings. The zero-order chi connectivity index (χ0) is 27.5. The molecule has 0 unspecified atom stereocenters. The summed E-state index contributed by atoms with van der Waals surface area (Å²) in [5.74, 6) is -0.425. The summed E-state index contributed by atoms with van der Waals surface area (Å²) in [6, 6.07) is 38.1. The molecule has 4 nitrogen and oxygen atoms in total. The van der Waals surface area contributed by atoms with Gasteiger partial charge < -0.3 is 29.6 Å². The number of methoxy groups -OCH3 is 1. The summed E-state index contributed by atoms with van der Waals surface area (Å²) < 4.78 is 21.9. The van der Waals surface area contributed by atoms with Gasteiger partial charge in [-0.3, -0.25) is 9.36 Å². The van der Waals surface area contributed by atoms with Gasteiger partial charge in [-0.2, -0.15) is 0 Å². The van der Waals surface area contributed by atoms with E-state index in [4.69, 9.17) is 39.5 Å². The van der Waals surface area contributed by atoms with E-state index in [9.17, 15) is 4.79 Å². The number of esters is 1. The smallest absolute Gasteiger partial charge is 1.00 e. The van der Waals surface area contributed by atoms with E-state index in [1.165, 1.54) is 7.11 Å². The van der Waals surface area contributed by atoms with Gasteiger partial charge in [0.25, 0.3) is 0 Å². The monoisotopic (exact) mass is 781 g/mol. The van der Waals surface area contributed by atoms with Crippen LogP contribution in [0.4, 0.5) is 0 Å². The van der Waals surface area contributed by atoms with E-state index < -0.39 is 31.7 Å². The summed E-state index contributed by atoms with van der Waals surface area (Å²) in [5, 5.41) is 3.37. The predicted molar refractivity (Wildman–Crippen MR) is 163 cm³/mol. The number of rotatable bonds is 8. The van der Waals surface area contributed by atoms with E-state index in [-0.39, 0.29) is 45.2 Å². The fourth-order valence-corrected chi connectivity index (χ4v) is 10.9. The standard InChI is InChI=1S/C28H27NO3P2.CHCl3.2ClH.Pd/c1-23(28(30)32-2)29(33(24-15-7-3-8-16-24)25-17-9-4-10-18-25)34(31,26-19-11-5-12-20-26)27-21-13-6-14-22-27;2-1(3)4;;;/h3-23H,1-2H3;1H;2*1H;/q;;;;+2/p-2/t23-;;;;/m1..../s1. The third-order valence-corrected chi connectivity index (χ3v) is 12.1. The molecule has 0 radical (unpaired) electrons. The first-order valence-corrected chi connectivity index (χ1v) is 16.0. The Morgan fingerprint density at radius 1 is 0.707 bits per heavy atom. The molecule has 0 N–H and O–H groups in total. The predicted octanol–water partition coefficient (Wildman–Crippen LogP) is 0.819. The molecule has 0 aromatic heterocycles. The second kappa shape index (κ2) is 20.1. The van der Waals surface area contributed by atoms with Gasteiger partial charge in [-0.05, 0) is 41.8 Å². The Balaban J connectivity index is 0.00000215. The van der Waals surface area contributed by atoms with Crippen LogP contribution in [-0.2, 0) is 34.5 Å². The molecule has 41 heavy (non-hydrogen) atoms. The van der Waals surface area contributed by atoms with Crippen molar-refractivity contribution >= 4 is 77.4 Å². The zero-order valence-corrected chi connectivity index (χ0v) is 29.1. The van der Waals surface area contributed by atoms with Gasteiger partial charge in [0.05, 0.1) is 7.11 Å². The molecule has 12 heteroatoms. The fraction of sp³-hybridized carbons (Fsp3) is 0.138. The Bertz CT molecular complexity index is 1240. The van der Waals surface area contributed by atoms with Crippen LogP contribution in [-0.4, -0.2) is 27.9 Å². The van der Waals surface area contributed by atoms with Gasteiger partial charge in [-0.1, -0.05) is 132 Å². The topological polar surface area (TPSA) is 46.6 Å². The molecule has 4 rings (SSSR count). The summed E-state index contributed by atoms with van der Waals surface area (Å²) in [6.45, 7) is 1.78. The van der Waals surface area contributed by atoms with Crippen LogP contribution in [0.25, 0.3) is 0 Å². The quantitative estimate of drug-likeness (QED) is 0.115. The minimum Gasteiger partial charge on any atom is -1.00 e. The van der Waals surface area contributed by atoms with Gasteiger partial charge in [0.2, 0.25) is 7.29 Å². The molecule has 0 bridgehead atoms. The Labute approximate surface area is 284 Å². The second-order valence-electron chi connectivity index (χ2n) is 8.00. The number of carbonyl (C=O) groups is 1. The molecule has 0 aliphatic carbocycles. The molecule has 0 saturated carbocycles. The summed E-state index contributed by atoms with van der Waals surface area (Å²) in [5.41, 5.74) is 0. The Hall–Kier alpha value is -0.918. The molecular weight excluding hydrogens is 756 g/mol. The van der Waals surface area contributed by atoms with Crippen molar-refractivity contribution in [2.45, 2.75) is 17.3 Å². The van der Waals surface area contributed by atoms with Crippen molar-refractivity contribution in [1.82, 2.24) is 4.44 Å². The van der Waals surface area contributed by atoms with Crippen LogP contribution in [0.1, 0.15) is 6.92 Å². The largest absolute Gasteiger partial charge is 2.00 e. The number of alkyl halides is 3. The molecule has 0 fully saturated rings. The first-order valence-electron chi connectivity index (χ1n) is 11.7. The van der Waals surface area contributed by atoms with Crippen LogP contribution in [0, 0.1) is 0 Å². The van der Waals surface area contributed by atoms with E-state index in [2.05, 4.69) is 0 Å². The second-order valence-corrected chi connectivity index (χ2v) is 15.0. The third kappa shape index (κ3) is 10.6. The normalized spacial score (nSPS) is 11.2. The van der Waals surface area contributed by atoms with Gasteiger partial charge in [-0.15, -0.1) is 0 Å². The van der Waals surface area contributed by atoms with Gasteiger partial charge in [0.15, 0.2) is 4.30 Å². The first-order chi connectivity index (χ1) is 18.3. The number of hydrogen-bond donors (Lipinski definition) is 0. The van der Waals surface area contributed by atoms with Crippen molar-refractivity contribution in [3.05, 3.63) is 121 Å². The zero-order valence-electron chi connectivity index (χ0n) is 22.0. The van der Waals surface area contributed by atoms with Crippen LogP contribution in [0.3, 0.4) is 0 Å². The average Bonchev–Trinajstić information content (AvgIpc) is 2.96. The van der Waals surface area contributed by atoms with Crippen LogP contribution in [0.2, 0.25) is 0 Å². The minimum atomic E-state index is -3.48. The molecule has 0 saturated heterocycles. The van der Waals surface area contributed by atoms with Gasteiger partial charge in [0, 0.05) is 18.7 Å². The maximum atomic E-state index is 15.5. The average molecular weight is 784 g/mol. The summed E-state index contributed by atoms with van der Waals surface area (Å²) in [7, 11) is -3.47. The third-order valence-electron chi connectivity index (χ3n) is 5.60. The van der Waals surface area contributed by atoms with Crippen molar-refractivity contribution < 1.29 is 59.3 Å². The van der Waals surface area contributed by atoms with Crippen molar-refractivity contribution in [3.8, 4) is 0 Å². The number of carbonyl (C=O) groups excluding carboxylic acids is 1. The molecule has 4 aromatic rings. The summed E-state index contributed by atoms with van der Waals surface area (Å²) in [4.78, 5) is 13.1. The van der Waals surface area contributed by atoms with Crippen LogP contribution >= 0.6 is 50.2 Å². The number of ether oxygens (including phenoxy) is 1. The first kappa shape index (κ1) is 40.1. The van der Waals surface area contributed by atoms with Crippen LogP contribution < -0.4 is 46.0 Å². The number of hydrogen-bond acceptors (Lipinski definition) is 3. The molecular formula is C29H28Cl5NO3P2Pd. The number of nitrogens with zero attached hydrogens (tertiary/aromatic N) is 1. The van der Waals surface area contributed by atoms with Crippen molar-refractivity contribution in [2.24, 2.45) is 0 Å². The molecule has 0 heterocycles. The Morgan fingerprint density at radius 3 is 1.29 bits per heavy atom. The van der Waals surface area contributed by atoms with Crippen LogP contribution in [0.15, 0.2) is 121 Å². The molecule has 1 atom stereocenters. The Morgan fingerprint density at radius 2 is 1.00 bits per heavy atom. The van der Waals surface area contributed by atoms with Gasteiger partial charge >= 0.3 is 26.4 Å². The number of benzene rings is 4. The summed E-state index contributed by atoms with van der Waals surface area (Å²) >= 11 is 14.4. The van der Waals surface area contributed by atoms with Crippen LogP contribution in [0.5, 0.6) is 0 Å². The maximum Gasteiger partial charge on any atom is 2.00 e. The molecule has 4 aromatic carbocycles. The minimum absolute atomic E-state index is 0. The number of halogens is 5. The van der Waals surface area contributed by atoms with Crippen molar-refractivity contribution in [3.63, 3.8) is 0 Å². The summed E-state index contributed by atoms with van der Waals surface area (Å²) in [6.07, 6.45) is 0. The molecule has 0 aliphatic heterocycles. The molecule has 222 valence electrons. The SMILES string of the molecule is COC(=O)[C@@H](C)N(P(c1ccccc1)c1ccccc1)P(=O)(c1ccccc1)c1ccccc1.ClC(Cl)Cl.[Cl-].[Cl-].[Pd+2]. The molecule has 0 amide bonds. The Kier molecular flexibility index (Phi) is 19.7. The maximum absolute atomic E-state index is 15.5. The van der Waals surface area contributed by atoms with E-state index in [0.29, 0.717) is 10.6 Å². The van der Waals surface area contributed by atoms with Crippen molar-refractivity contribution in [1.29, 1.82) is 0 Å². The fourth-order valence-electron chi connectivity index (χ4n) is 3.98. The van der Waals surface area contributed by atoms with E-state index in [1.54, 1.807) is 6.92 Å². The van der Waals surface area contributed by atoms with E-state index >= 15 is 4.57 Å². The van der Waals surface area contributed by atoms with Crippen molar-refractivity contribution in [2.75, 3.05) is 7.11 Å². The van der Waals surface area contributed by atoms with E-state index in [0.717, 1.165) is 10.6 Å².